The van der Waals surface area contributed by atoms with Crippen LogP contribution in [0.1, 0.15) is 0 Å². The molecule has 1 radical (unpaired) electrons. The van der Waals surface area contributed by atoms with Gasteiger partial charge in [-0.05, 0) is 0 Å². The summed E-state index contributed by atoms with van der Waals surface area (Å²) in [5.41, 5.74) is 0. The SMILES string of the molecule is [Cu].[Ni].[SiH3][Mn].[Zn]. The summed E-state index contributed by atoms with van der Waals surface area (Å²) in [5, 5.41) is 0. The summed E-state index contributed by atoms with van der Waals surface area (Å²) in [7, 11) is 1.12. The zero-order valence-electron chi connectivity index (χ0n) is 2.70. The van der Waals surface area contributed by atoms with Gasteiger partial charge in [0, 0.05) is 53.0 Å². The van der Waals surface area contributed by atoms with Crippen molar-refractivity contribution in [3.05, 3.63) is 0 Å². The Kier molecular flexibility index (Phi) is 172. The fourth-order valence-electron chi connectivity index (χ4n) is 0. The van der Waals surface area contributed by atoms with Gasteiger partial charge in [-0.2, -0.15) is 0 Å². The van der Waals surface area contributed by atoms with E-state index >= 15 is 0 Å². The summed E-state index contributed by atoms with van der Waals surface area (Å²) in [6, 6.07) is 0. The van der Waals surface area contributed by atoms with E-state index in [2.05, 4.69) is 15.4 Å². The number of hydrogen-bond acceptors (Lipinski definition) is 0. The Morgan fingerprint density at radius 3 is 1.20 bits per heavy atom. The van der Waals surface area contributed by atoms with E-state index in [0.29, 0.717) is 0 Å². The van der Waals surface area contributed by atoms with E-state index in [1.54, 1.807) is 0 Å². The van der Waals surface area contributed by atoms with Gasteiger partial charge in [0.15, 0.2) is 0 Å². The van der Waals surface area contributed by atoms with Crippen molar-refractivity contribution in [3.63, 3.8) is 0 Å². The third-order valence-corrected chi connectivity index (χ3v) is 0. The summed E-state index contributed by atoms with van der Waals surface area (Å²) in [5.74, 6) is 0. The molecular formula is H3CuMnNiSiZn. The van der Waals surface area contributed by atoms with E-state index in [9.17, 15) is 0 Å². The molecule has 0 bridgehead atoms. The second-order valence-corrected chi connectivity index (χ2v) is 0. The van der Waals surface area contributed by atoms with Crippen LogP contribution in [0.25, 0.3) is 0 Å². The average Bonchev–Trinajstić information content (AvgIpc) is 1.00. The smallest absolute Gasteiger partial charge is 0 e. The van der Waals surface area contributed by atoms with Crippen molar-refractivity contribution >= 4 is 8.85 Å². The van der Waals surface area contributed by atoms with Gasteiger partial charge in [0.1, 0.15) is 0 Å². The molecule has 0 N–H and O–H groups in total. The summed E-state index contributed by atoms with van der Waals surface area (Å²) >= 11 is 3.08. The van der Waals surface area contributed by atoms with Crippen LogP contribution >= 0.6 is 0 Å². The van der Waals surface area contributed by atoms with Crippen LogP contribution in [0.5, 0.6) is 0 Å². The molecule has 0 saturated heterocycles. The molecular weight excluding hydrogens is 271 g/mol. The van der Waals surface area contributed by atoms with Gasteiger partial charge in [0.25, 0.3) is 0 Å². The third kappa shape index (κ3) is 21.6. The minimum Gasteiger partial charge on any atom is 0 e. The van der Waals surface area contributed by atoms with E-state index in [4.69, 9.17) is 0 Å². The number of hydrogen-bond donors (Lipinski definition) is 0. The normalized spacial score (nSPS) is 1.80. The third-order valence-electron chi connectivity index (χ3n) is 0. The molecule has 37 valence electrons. The van der Waals surface area contributed by atoms with Gasteiger partial charge in [-0.15, -0.1) is 0 Å². The summed E-state index contributed by atoms with van der Waals surface area (Å²) < 4.78 is 0. The van der Waals surface area contributed by atoms with E-state index in [-0.39, 0.29) is 53.0 Å². The van der Waals surface area contributed by atoms with Crippen molar-refractivity contribution in [2.45, 2.75) is 0 Å². The Bertz CT molecular complexity index is 11.6. The minimum absolute atomic E-state index is 0. The molecule has 0 aliphatic rings. The van der Waals surface area contributed by atoms with Crippen molar-refractivity contribution in [1.82, 2.24) is 0 Å². The fourth-order valence-corrected chi connectivity index (χ4v) is 0. The topological polar surface area (TPSA) is 0 Å². The van der Waals surface area contributed by atoms with Gasteiger partial charge >= 0.3 is 24.2 Å². The van der Waals surface area contributed by atoms with Crippen LogP contribution in [-0.4, -0.2) is 8.85 Å². The fraction of sp³-hybridized carbons (Fsp3) is 0. The molecule has 0 fully saturated rings. The van der Waals surface area contributed by atoms with Crippen LogP contribution in [-0.2, 0) is 68.4 Å². The molecule has 0 saturated carbocycles. The van der Waals surface area contributed by atoms with Crippen molar-refractivity contribution in [1.29, 1.82) is 0 Å². The van der Waals surface area contributed by atoms with Crippen molar-refractivity contribution in [2.24, 2.45) is 0 Å². The van der Waals surface area contributed by atoms with Crippen molar-refractivity contribution in [2.75, 3.05) is 0 Å². The standard InChI is InChI=1S/Cu.Mn.Ni.H3Si.Zn/h;;;1H3;. The van der Waals surface area contributed by atoms with Gasteiger partial charge in [0.2, 0.25) is 0 Å². The van der Waals surface area contributed by atoms with Crippen LogP contribution in [0.2, 0.25) is 0 Å². The molecule has 0 aliphatic carbocycles. The molecule has 0 atom stereocenters. The molecule has 0 heterocycles. The quantitative estimate of drug-likeness (QED) is 0.487. The van der Waals surface area contributed by atoms with Gasteiger partial charge in [0.05, 0.1) is 0 Å². The maximum atomic E-state index is 3.08. The van der Waals surface area contributed by atoms with Crippen molar-refractivity contribution < 1.29 is 68.4 Å². The Labute approximate surface area is 76.5 Å². The molecule has 0 aromatic carbocycles. The Morgan fingerprint density at radius 2 is 1.20 bits per heavy atom. The van der Waals surface area contributed by atoms with E-state index < -0.39 is 0 Å². The zero-order valence-corrected chi connectivity index (χ0v) is 10.8. The molecule has 0 unspecified atom stereocenters. The molecule has 0 rings (SSSR count). The predicted octanol–water partition coefficient (Wildman–Crippen LogP) is -1.19. The molecule has 5 heteroatoms. The Morgan fingerprint density at radius 1 is 1.20 bits per heavy atom. The van der Waals surface area contributed by atoms with Gasteiger partial charge < -0.3 is 0 Å². The monoisotopic (exact) mass is 271 g/mol. The van der Waals surface area contributed by atoms with Crippen LogP contribution in [0.3, 0.4) is 0 Å². The van der Waals surface area contributed by atoms with E-state index in [0.717, 1.165) is 8.85 Å². The first kappa shape index (κ1) is 26.3. The molecule has 0 aromatic heterocycles. The number of rotatable bonds is 0. The van der Waals surface area contributed by atoms with Crippen molar-refractivity contribution in [3.8, 4) is 0 Å². The maximum absolute atomic E-state index is 3.08. The molecule has 0 amide bonds. The predicted molar refractivity (Wildman–Crippen MR) is 9.94 cm³/mol. The first-order valence-electron chi connectivity index (χ1n) is 0.378. The average molecular weight is 274 g/mol. The Balaban J connectivity index is -0.00000000167. The first-order chi connectivity index (χ1) is 1.00. The molecule has 5 heavy (non-hydrogen) atoms. The van der Waals surface area contributed by atoms with Gasteiger partial charge in [-0.3, -0.25) is 0 Å². The summed E-state index contributed by atoms with van der Waals surface area (Å²) in [6.45, 7) is 0. The van der Waals surface area contributed by atoms with Crippen LogP contribution in [0.15, 0.2) is 0 Å². The van der Waals surface area contributed by atoms with Crippen LogP contribution in [0, 0.1) is 0 Å². The summed E-state index contributed by atoms with van der Waals surface area (Å²) in [4.78, 5) is 0. The van der Waals surface area contributed by atoms with Gasteiger partial charge in [-0.25, -0.2) is 0 Å². The Hall–Kier alpha value is 2.37. The van der Waals surface area contributed by atoms with Gasteiger partial charge in [-0.1, -0.05) is 0 Å². The molecule has 0 nitrogen and oxygen atoms in total. The second kappa shape index (κ2) is 32.7. The van der Waals surface area contributed by atoms with Crippen LogP contribution < -0.4 is 0 Å². The van der Waals surface area contributed by atoms with Crippen LogP contribution in [0.4, 0.5) is 0 Å². The summed E-state index contributed by atoms with van der Waals surface area (Å²) in [6.07, 6.45) is 0. The van der Waals surface area contributed by atoms with E-state index in [1.807, 2.05) is 0 Å². The minimum atomic E-state index is 0. The second-order valence-electron chi connectivity index (χ2n) is 0. The molecule has 0 aliphatic heterocycles. The molecule has 0 aromatic rings. The maximum Gasteiger partial charge on any atom is 0 e. The van der Waals surface area contributed by atoms with E-state index in [1.165, 1.54) is 0 Å². The zero-order chi connectivity index (χ0) is 2.00. The molecule has 0 spiro atoms. The largest absolute Gasteiger partial charge is 0 e. The first-order valence-corrected chi connectivity index (χ1v) is 4.68.